The Morgan fingerprint density at radius 2 is 1.11 bits per heavy atom. The normalized spacial score (nSPS) is 11.2. The van der Waals surface area contributed by atoms with Gasteiger partial charge in [0, 0.05) is 34.6 Å². The molecule has 0 saturated carbocycles. The zero-order valence-corrected chi connectivity index (χ0v) is 19.9. The number of fused-ring (bicyclic) bond motifs is 2. The fourth-order valence-electron chi connectivity index (χ4n) is 4.71. The number of pyridine rings is 1. The topological polar surface area (TPSA) is 56.0 Å². The Morgan fingerprint density at radius 3 is 1.81 bits per heavy atom. The first-order valence-electron chi connectivity index (χ1n) is 12.2. The molecule has 0 aliphatic carbocycles. The van der Waals surface area contributed by atoms with Crippen molar-refractivity contribution in [3.8, 4) is 45.4 Å². The molecule has 0 saturated heterocycles. The van der Waals surface area contributed by atoms with Crippen LogP contribution in [0, 0.1) is 0 Å². The Balaban J connectivity index is 1.54. The summed E-state index contributed by atoms with van der Waals surface area (Å²) in [6, 6.07) is 38.7. The molecule has 5 nitrogen and oxygen atoms in total. The van der Waals surface area contributed by atoms with Crippen molar-refractivity contribution < 1.29 is 0 Å². The molecule has 0 spiro atoms. The maximum absolute atomic E-state index is 5.03. The fraction of sp³-hybridized carbons (Fsp3) is 0. The summed E-state index contributed by atoms with van der Waals surface area (Å²) in [6.07, 6.45) is 4.07. The van der Waals surface area contributed by atoms with Gasteiger partial charge in [-0.2, -0.15) is 0 Å². The standard InChI is InChI=1S/C32H21N5/c1-3-12-23(13-4-1)30-34-31(24-14-5-2-6-15-24)36-32(35-30)29-25-16-8-7-11-22(25)18-19-26(29)27-21-37-20-10-9-17-28(37)33-27/h1-21H. The average molecular weight is 476 g/mol. The van der Waals surface area contributed by atoms with E-state index in [1.807, 2.05) is 89.5 Å². The third kappa shape index (κ3) is 3.83. The maximum atomic E-state index is 5.03. The van der Waals surface area contributed by atoms with E-state index in [1.165, 1.54) is 0 Å². The molecule has 7 aromatic rings. The molecular weight excluding hydrogens is 454 g/mol. The monoisotopic (exact) mass is 475 g/mol. The zero-order valence-electron chi connectivity index (χ0n) is 19.9. The quantitative estimate of drug-likeness (QED) is 0.267. The number of imidazole rings is 1. The Morgan fingerprint density at radius 1 is 0.486 bits per heavy atom. The first-order valence-corrected chi connectivity index (χ1v) is 12.2. The highest BCUT2D eigenvalue weighted by atomic mass is 15.0. The molecule has 0 aliphatic heterocycles. The Hall–Kier alpha value is -5.16. The minimum atomic E-state index is 0.622. The highest BCUT2D eigenvalue weighted by Crippen LogP contribution is 2.37. The Labute approximate surface area is 213 Å². The lowest BCUT2D eigenvalue weighted by atomic mass is 9.96. The number of aromatic nitrogens is 5. The van der Waals surface area contributed by atoms with Crippen LogP contribution in [0.5, 0.6) is 0 Å². The summed E-state index contributed by atoms with van der Waals surface area (Å²) in [5, 5.41) is 2.19. The smallest absolute Gasteiger partial charge is 0.165 e. The maximum Gasteiger partial charge on any atom is 0.165 e. The third-order valence-corrected chi connectivity index (χ3v) is 6.49. The predicted octanol–water partition coefficient (Wildman–Crippen LogP) is 7.34. The molecule has 37 heavy (non-hydrogen) atoms. The van der Waals surface area contributed by atoms with E-state index in [1.54, 1.807) is 0 Å². The van der Waals surface area contributed by atoms with E-state index < -0.39 is 0 Å². The van der Waals surface area contributed by atoms with Crippen molar-refractivity contribution in [2.24, 2.45) is 0 Å². The Bertz CT molecular complexity index is 1780. The van der Waals surface area contributed by atoms with Gasteiger partial charge in [0.2, 0.25) is 0 Å². The first-order chi connectivity index (χ1) is 18.3. The van der Waals surface area contributed by atoms with E-state index in [4.69, 9.17) is 19.9 Å². The van der Waals surface area contributed by atoms with Crippen LogP contribution in [0.1, 0.15) is 0 Å². The molecule has 5 heteroatoms. The van der Waals surface area contributed by atoms with Crippen molar-refractivity contribution in [2.75, 3.05) is 0 Å². The van der Waals surface area contributed by atoms with E-state index in [9.17, 15) is 0 Å². The highest BCUT2D eigenvalue weighted by Gasteiger charge is 2.19. The van der Waals surface area contributed by atoms with Gasteiger partial charge >= 0.3 is 0 Å². The Kier molecular flexibility index (Phi) is 5.03. The van der Waals surface area contributed by atoms with E-state index >= 15 is 0 Å². The molecule has 0 radical (unpaired) electrons. The van der Waals surface area contributed by atoms with Gasteiger partial charge in [-0.1, -0.05) is 103 Å². The minimum Gasteiger partial charge on any atom is -0.306 e. The largest absolute Gasteiger partial charge is 0.306 e. The van der Waals surface area contributed by atoms with Gasteiger partial charge in [0.25, 0.3) is 0 Å². The van der Waals surface area contributed by atoms with E-state index in [-0.39, 0.29) is 0 Å². The summed E-state index contributed by atoms with van der Waals surface area (Å²) >= 11 is 0. The summed E-state index contributed by atoms with van der Waals surface area (Å²) in [5.74, 6) is 1.90. The number of hydrogen-bond acceptors (Lipinski definition) is 4. The molecule has 0 fully saturated rings. The second kappa shape index (κ2) is 8.81. The lowest BCUT2D eigenvalue weighted by molar-refractivity contribution is 1.08. The van der Waals surface area contributed by atoms with Gasteiger partial charge in [-0.3, -0.25) is 0 Å². The molecule has 0 N–H and O–H groups in total. The fourth-order valence-corrected chi connectivity index (χ4v) is 4.71. The molecule has 3 aromatic heterocycles. The van der Waals surface area contributed by atoms with Crippen LogP contribution in [0.2, 0.25) is 0 Å². The van der Waals surface area contributed by atoms with E-state index in [2.05, 4.69) is 42.6 Å². The van der Waals surface area contributed by atoms with Crippen molar-refractivity contribution >= 4 is 16.4 Å². The molecule has 174 valence electrons. The van der Waals surface area contributed by atoms with Gasteiger partial charge < -0.3 is 4.40 Å². The van der Waals surface area contributed by atoms with Crippen molar-refractivity contribution in [1.29, 1.82) is 0 Å². The molecule has 0 aliphatic rings. The third-order valence-electron chi connectivity index (χ3n) is 6.49. The first kappa shape index (κ1) is 21.1. The molecule has 7 rings (SSSR count). The summed E-state index contributed by atoms with van der Waals surface area (Å²) in [6.45, 7) is 0. The minimum absolute atomic E-state index is 0.622. The van der Waals surface area contributed by atoms with Gasteiger partial charge in [0.1, 0.15) is 5.65 Å². The van der Waals surface area contributed by atoms with Crippen LogP contribution >= 0.6 is 0 Å². The van der Waals surface area contributed by atoms with Crippen LogP contribution in [0.3, 0.4) is 0 Å². The van der Waals surface area contributed by atoms with Gasteiger partial charge in [-0.25, -0.2) is 19.9 Å². The van der Waals surface area contributed by atoms with Crippen LogP contribution in [-0.4, -0.2) is 24.3 Å². The van der Waals surface area contributed by atoms with Crippen LogP contribution in [0.15, 0.2) is 128 Å². The lowest BCUT2D eigenvalue weighted by Crippen LogP contribution is -2.01. The van der Waals surface area contributed by atoms with Crippen LogP contribution < -0.4 is 0 Å². The molecule has 0 bridgehead atoms. The molecular formula is C32H21N5. The highest BCUT2D eigenvalue weighted by molar-refractivity contribution is 6.02. The van der Waals surface area contributed by atoms with E-state index in [0.717, 1.165) is 44.4 Å². The van der Waals surface area contributed by atoms with Crippen LogP contribution in [0.4, 0.5) is 0 Å². The summed E-state index contributed by atoms with van der Waals surface area (Å²) < 4.78 is 2.03. The number of benzene rings is 4. The molecule has 0 amide bonds. The van der Waals surface area contributed by atoms with Gasteiger partial charge in [0.05, 0.1) is 5.69 Å². The van der Waals surface area contributed by atoms with Crippen molar-refractivity contribution in [3.63, 3.8) is 0 Å². The molecule has 4 aromatic carbocycles. The number of rotatable bonds is 4. The zero-order chi connectivity index (χ0) is 24.6. The van der Waals surface area contributed by atoms with Crippen LogP contribution in [0.25, 0.3) is 61.8 Å². The van der Waals surface area contributed by atoms with Gasteiger partial charge in [-0.15, -0.1) is 0 Å². The van der Waals surface area contributed by atoms with Crippen molar-refractivity contribution in [2.45, 2.75) is 0 Å². The number of nitrogens with zero attached hydrogens (tertiary/aromatic N) is 5. The van der Waals surface area contributed by atoms with E-state index in [0.29, 0.717) is 17.5 Å². The van der Waals surface area contributed by atoms with Gasteiger partial charge in [-0.05, 0) is 22.9 Å². The second-order valence-corrected chi connectivity index (χ2v) is 8.84. The summed E-state index contributed by atoms with van der Waals surface area (Å²) in [4.78, 5) is 19.9. The second-order valence-electron chi connectivity index (χ2n) is 8.84. The van der Waals surface area contributed by atoms with Crippen molar-refractivity contribution in [3.05, 3.63) is 128 Å². The summed E-state index contributed by atoms with van der Waals surface area (Å²) in [7, 11) is 0. The lowest BCUT2D eigenvalue weighted by Gasteiger charge is -2.13. The van der Waals surface area contributed by atoms with Gasteiger partial charge in [0.15, 0.2) is 17.5 Å². The van der Waals surface area contributed by atoms with Crippen LogP contribution in [-0.2, 0) is 0 Å². The molecule has 0 atom stereocenters. The average Bonchev–Trinajstić information content (AvgIpc) is 3.41. The SMILES string of the molecule is c1ccc(-c2nc(-c3ccccc3)nc(-c3c(-c4cn5ccccc5n4)ccc4ccccc34)n2)cc1. The summed E-state index contributed by atoms with van der Waals surface area (Å²) in [5.41, 5.74) is 5.57. The van der Waals surface area contributed by atoms with Crippen molar-refractivity contribution in [1.82, 2.24) is 24.3 Å². The molecule has 0 unspecified atom stereocenters. The molecule has 3 heterocycles. The predicted molar refractivity (Wildman–Crippen MR) is 148 cm³/mol. The number of hydrogen-bond donors (Lipinski definition) is 0.